The van der Waals surface area contributed by atoms with Gasteiger partial charge in [-0.25, -0.2) is 19.2 Å². The molecule has 5 rings (SSSR count). The molecular formula is C49H73N5O21Pt2. The summed E-state index contributed by atoms with van der Waals surface area (Å²) in [6.07, 6.45) is 23.4. The van der Waals surface area contributed by atoms with E-state index >= 15 is 0 Å². The summed E-state index contributed by atoms with van der Waals surface area (Å²) in [7, 11) is 1.00. The van der Waals surface area contributed by atoms with E-state index in [4.69, 9.17) is 71.5 Å². The van der Waals surface area contributed by atoms with Gasteiger partial charge in [0.25, 0.3) is 35.4 Å². The summed E-state index contributed by atoms with van der Waals surface area (Å²) in [6, 6.07) is 0.285. The summed E-state index contributed by atoms with van der Waals surface area (Å²) in [5.41, 5.74) is 14.8. The van der Waals surface area contributed by atoms with Gasteiger partial charge in [-0.3, -0.25) is 57.9 Å². The number of unbranched alkanes of at least 4 members (excludes halogenated alkanes) is 6. The number of aliphatic carboxylic acids is 7. The fourth-order valence-corrected chi connectivity index (χ4v) is 6.54. The number of hydrogen-bond donors (Lipinski definition) is 8. The van der Waals surface area contributed by atoms with E-state index in [9.17, 15) is 43.2 Å². The van der Waals surface area contributed by atoms with Crippen LogP contribution >= 0.6 is 0 Å². The minimum Gasteiger partial charge on any atom is -0.677 e. The van der Waals surface area contributed by atoms with Crippen molar-refractivity contribution >= 4 is 77.2 Å². The number of nitrogens with one attached hydrogen (secondary N) is 2. The van der Waals surface area contributed by atoms with Gasteiger partial charge >= 0.3 is 83.9 Å². The van der Waals surface area contributed by atoms with Crippen LogP contribution in [0.1, 0.15) is 128 Å². The predicted molar refractivity (Wildman–Crippen MR) is 265 cm³/mol. The number of imide groups is 3. The number of hydrogen-bond acceptors (Lipinski definition) is 14. The molecule has 0 aromatic rings. The van der Waals surface area contributed by atoms with Crippen LogP contribution in [-0.2, 0) is 104 Å². The number of carboxylic acid groups (broad SMARTS) is 7. The monoisotopic (exact) mass is 1460 g/mol. The van der Waals surface area contributed by atoms with Crippen LogP contribution in [0.15, 0.2) is 36.5 Å². The second-order valence-corrected chi connectivity index (χ2v) is 16.6. The van der Waals surface area contributed by atoms with Gasteiger partial charge < -0.3 is 66.2 Å². The van der Waals surface area contributed by atoms with Gasteiger partial charge in [-0.15, -0.1) is 0 Å². The Hall–Kier alpha value is -5.81. The molecule has 0 spiro atoms. The summed E-state index contributed by atoms with van der Waals surface area (Å²) in [6.45, 7) is 8.92. The molecule has 0 unspecified atom stereocenters. The van der Waals surface area contributed by atoms with Gasteiger partial charge in [0.15, 0.2) is 0 Å². The number of carbonyl (C=O) groups is 13. The normalized spacial score (nSPS) is 18.3. The van der Waals surface area contributed by atoms with Crippen molar-refractivity contribution in [3.05, 3.63) is 61.8 Å². The van der Waals surface area contributed by atoms with Crippen molar-refractivity contribution in [1.82, 2.24) is 14.7 Å². The smallest absolute Gasteiger partial charge is 0.677 e. The number of nitrogens with zero attached hydrogens (tertiary/aromatic N) is 3. The summed E-state index contributed by atoms with van der Waals surface area (Å²) in [4.78, 5) is 137. The molecule has 0 aromatic carbocycles. The topological polar surface area (TPSA) is 441 Å². The van der Waals surface area contributed by atoms with Gasteiger partial charge in [-0.1, -0.05) is 70.6 Å². The Kier molecular flexibility index (Phi) is 50.5. The Bertz CT molecular complexity index is 1690. The Morgan fingerprint density at radius 1 is 0.403 bits per heavy atom. The maximum Gasteiger partial charge on any atom is 2.00 e. The third-order valence-corrected chi connectivity index (χ3v) is 10.7. The van der Waals surface area contributed by atoms with Crippen molar-refractivity contribution in [2.75, 3.05) is 26.7 Å². The van der Waals surface area contributed by atoms with E-state index in [1.165, 1.54) is 89.7 Å². The van der Waals surface area contributed by atoms with E-state index < -0.39 is 41.8 Å². The number of aliphatic hydroxyl groups is 1. The number of amides is 6. The van der Waals surface area contributed by atoms with Crippen LogP contribution in [0, 0.1) is 25.7 Å². The van der Waals surface area contributed by atoms with Crippen molar-refractivity contribution in [3.8, 4) is 0 Å². The molecule has 26 nitrogen and oxygen atoms in total. The molecule has 0 aromatic heterocycles. The minimum absolute atomic E-state index is 0. The summed E-state index contributed by atoms with van der Waals surface area (Å²) < 4.78 is 0. The van der Waals surface area contributed by atoms with Crippen molar-refractivity contribution in [3.63, 3.8) is 0 Å². The first kappa shape index (κ1) is 80.1. The molecule has 77 heavy (non-hydrogen) atoms. The largest absolute Gasteiger partial charge is 2.00 e. The standard InChI is InChI=1S/3C10H13NO4.2C7H13N.2C2H2O4.CH4O.2Pt/c3*12-8-5-6-9(13)11(8)7-3-1-2-4-10(14)15;2*1-6-4-2-3-5-7(6)8;2*3-1(4)2(5)6;1-2;;/h3*5-6H,1-4,7H2,(H,14,15);2*6-8H,1-5H2;2*(H,3,4)(H,5,6);2H,1H3;;/q;;;2*-2;;;;2*+2/t;;;2*6-,7-;;;;;/m...11...../s1. The van der Waals surface area contributed by atoms with Crippen LogP contribution in [-0.4, -0.2) is 172 Å². The number of aliphatic hydroxyl groups excluding tert-OH is 1. The molecule has 28 heteroatoms. The van der Waals surface area contributed by atoms with Gasteiger partial charge in [0.1, 0.15) is 0 Å². The van der Waals surface area contributed by atoms with Crippen molar-refractivity contribution in [1.29, 1.82) is 0 Å². The van der Waals surface area contributed by atoms with E-state index in [-0.39, 0.29) is 109 Å². The van der Waals surface area contributed by atoms with Crippen LogP contribution in [0.25, 0.3) is 11.5 Å². The minimum atomic E-state index is -1.82. The quantitative estimate of drug-likeness (QED) is 0.0407. The van der Waals surface area contributed by atoms with Crippen LogP contribution in [0.5, 0.6) is 0 Å². The molecule has 3 aliphatic heterocycles. The molecule has 10 N–H and O–H groups in total. The average Bonchev–Trinajstić information content (AvgIpc) is 3.98. The molecule has 2 saturated carbocycles. The Balaban J connectivity index is -0.000000267. The maximum atomic E-state index is 11.1. The molecule has 2 aliphatic carbocycles. The average molecular weight is 1460 g/mol. The molecular weight excluding hydrogens is 1380 g/mol. The van der Waals surface area contributed by atoms with Crippen molar-refractivity contribution in [2.45, 2.75) is 141 Å². The van der Waals surface area contributed by atoms with E-state index in [1.54, 1.807) is 0 Å². The summed E-state index contributed by atoms with van der Waals surface area (Å²) in [5, 5.41) is 61.7. The number of carbonyl (C=O) groups excluding carboxylic acids is 6. The first-order chi connectivity index (χ1) is 35.2. The zero-order valence-corrected chi connectivity index (χ0v) is 47.4. The van der Waals surface area contributed by atoms with E-state index in [0.717, 1.165) is 20.0 Å². The van der Waals surface area contributed by atoms with Crippen molar-refractivity contribution in [2.24, 2.45) is 11.8 Å². The van der Waals surface area contributed by atoms with Gasteiger partial charge in [0, 0.05) is 82.5 Å². The first-order valence-electron chi connectivity index (χ1n) is 23.9. The Morgan fingerprint density at radius 2 is 0.597 bits per heavy atom. The number of rotatable bonds is 18. The fraction of sp³-hybridized carbons (Fsp3) is 0.571. The Labute approximate surface area is 475 Å². The molecule has 0 bridgehead atoms. The van der Waals surface area contributed by atoms with Crippen LogP contribution < -0.4 is 0 Å². The fourth-order valence-electron chi connectivity index (χ4n) is 6.54. The van der Waals surface area contributed by atoms with Gasteiger partial charge in [0.2, 0.25) is 0 Å². The van der Waals surface area contributed by atoms with Crippen molar-refractivity contribution < 1.29 is 145 Å². The number of carboxylic acids is 7. The van der Waals surface area contributed by atoms with Crippen LogP contribution in [0.3, 0.4) is 0 Å². The molecule has 5 aliphatic rings. The molecule has 0 saturated heterocycles. The maximum absolute atomic E-state index is 11.1. The Morgan fingerprint density at radius 3 is 0.740 bits per heavy atom. The molecule has 440 valence electrons. The third kappa shape index (κ3) is 42.9. The second kappa shape index (κ2) is 48.6. The van der Waals surface area contributed by atoms with Gasteiger partial charge in [0.05, 0.1) is 0 Å². The van der Waals surface area contributed by atoms with Crippen LogP contribution in [0.4, 0.5) is 0 Å². The molecule has 3 heterocycles. The SMILES string of the molecule is CO.O=C(O)C(=O)O.O=C(O)C(=O)O.O=C(O)CCCCCN1C(=O)C=CC1=O.O=C(O)CCCCCN1C(=O)C=CC1=O.O=C(O)CCCCCN1C(=O)C=CC1=O.[CH2-][C@@H]1CCCC[C@H]1[NH-].[CH2-][C@@H]1CCCC[C@H]1[NH-].[Pt+2].[Pt+2]. The van der Waals surface area contributed by atoms with Gasteiger partial charge in [-0.05, 0) is 38.5 Å². The van der Waals surface area contributed by atoms with E-state index in [1.807, 2.05) is 0 Å². The third-order valence-electron chi connectivity index (χ3n) is 10.7. The second-order valence-electron chi connectivity index (χ2n) is 16.6. The molecule has 2 fully saturated rings. The zero-order valence-electron chi connectivity index (χ0n) is 42.8. The summed E-state index contributed by atoms with van der Waals surface area (Å²) >= 11 is 0. The van der Waals surface area contributed by atoms with Gasteiger partial charge in [-0.2, -0.15) is 23.9 Å². The van der Waals surface area contributed by atoms with Crippen LogP contribution in [0.2, 0.25) is 0 Å². The molecule has 4 atom stereocenters. The molecule has 6 amide bonds. The first-order valence-corrected chi connectivity index (χ1v) is 23.9. The summed E-state index contributed by atoms with van der Waals surface area (Å²) in [5.74, 6) is -10.6. The van der Waals surface area contributed by atoms with E-state index in [0.29, 0.717) is 89.3 Å². The molecule has 0 radical (unpaired) electrons. The predicted octanol–water partition coefficient (Wildman–Crippen LogP) is 4.45. The zero-order chi connectivity index (χ0) is 58.1. The van der Waals surface area contributed by atoms with E-state index in [2.05, 4.69) is 13.8 Å².